The van der Waals surface area contributed by atoms with Gasteiger partial charge in [-0.25, -0.2) is 4.79 Å². The van der Waals surface area contributed by atoms with Crippen LogP contribution in [0.1, 0.15) is 40.0 Å². The molecule has 1 aromatic heterocycles. The number of nitrogens with zero attached hydrogens (tertiary/aromatic N) is 4. The molecule has 0 bridgehead atoms. The summed E-state index contributed by atoms with van der Waals surface area (Å²) in [7, 11) is 1.62. The maximum atomic E-state index is 12.5. The van der Waals surface area contributed by atoms with Gasteiger partial charge < -0.3 is 15.0 Å². The van der Waals surface area contributed by atoms with E-state index in [0.29, 0.717) is 10.9 Å². The van der Waals surface area contributed by atoms with Crippen LogP contribution in [0.2, 0.25) is 0 Å². The lowest BCUT2D eigenvalue weighted by Crippen LogP contribution is -2.45. The number of ether oxygens (including phenoxy) is 1. The van der Waals surface area contributed by atoms with Crippen molar-refractivity contribution in [2.45, 2.75) is 56.5 Å². The number of piperidine rings is 1. The molecule has 1 aliphatic rings. The van der Waals surface area contributed by atoms with Gasteiger partial charge in [-0.05, 0) is 52.2 Å². The second kappa shape index (κ2) is 10.5. The Balaban J connectivity index is 1.88. The highest BCUT2D eigenvalue weighted by Crippen LogP contribution is 2.34. The van der Waals surface area contributed by atoms with Crippen molar-refractivity contribution in [1.29, 1.82) is 0 Å². The van der Waals surface area contributed by atoms with Crippen molar-refractivity contribution in [3.8, 4) is 11.4 Å². The van der Waals surface area contributed by atoms with Gasteiger partial charge in [0.05, 0.1) is 18.0 Å². The molecular weight excluding hydrogens is 416 g/mol. The van der Waals surface area contributed by atoms with Crippen LogP contribution in [0, 0.1) is 0 Å². The van der Waals surface area contributed by atoms with Crippen molar-refractivity contribution in [3.63, 3.8) is 0 Å². The summed E-state index contributed by atoms with van der Waals surface area (Å²) >= 11 is 1.25. The molecule has 168 valence electrons. The molecule has 3 rings (SSSR count). The molecule has 1 aromatic carbocycles. The smallest absolute Gasteiger partial charge is 0.321 e. The molecule has 1 atom stereocenters. The van der Waals surface area contributed by atoms with Crippen LogP contribution in [0.15, 0.2) is 29.4 Å². The normalized spacial score (nSPS) is 14.9. The van der Waals surface area contributed by atoms with Crippen molar-refractivity contribution >= 4 is 29.6 Å². The number of methoxy groups -OCH3 is 1. The van der Waals surface area contributed by atoms with Gasteiger partial charge in [0.25, 0.3) is 0 Å². The van der Waals surface area contributed by atoms with Crippen LogP contribution < -0.4 is 20.3 Å². The quantitative estimate of drug-likeness (QED) is 0.631. The molecule has 0 radical (unpaired) electrons. The van der Waals surface area contributed by atoms with Gasteiger partial charge in [-0.1, -0.05) is 23.9 Å². The van der Waals surface area contributed by atoms with E-state index in [0.717, 1.165) is 37.6 Å². The van der Waals surface area contributed by atoms with Gasteiger partial charge in [0.1, 0.15) is 5.75 Å². The maximum absolute atomic E-state index is 12.5. The molecule has 2 heterocycles. The molecule has 1 aliphatic heterocycles. The van der Waals surface area contributed by atoms with Crippen molar-refractivity contribution < 1.29 is 14.3 Å². The lowest BCUT2D eigenvalue weighted by Gasteiger charge is -2.28. The number of urea groups is 1. The molecule has 0 spiro atoms. The Labute approximate surface area is 186 Å². The molecule has 31 heavy (non-hydrogen) atoms. The number of hydrogen-bond acceptors (Lipinski definition) is 7. The Morgan fingerprint density at radius 2 is 1.81 bits per heavy atom. The van der Waals surface area contributed by atoms with Crippen molar-refractivity contribution in [3.05, 3.63) is 24.3 Å². The fourth-order valence-electron chi connectivity index (χ4n) is 3.39. The Kier molecular flexibility index (Phi) is 7.78. The zero-order chi connectivity index (χ0) is 22.4. The first-order valence-corrected chi connectivity index (χ1v) is 11.4. The molecule has 0 aliphatic carbocycles. The number of para-hydroxylation sites is 2. The standard InChI is InChI=1S/C21H30N6O3S/c1-14(2)22-19(29)23-18(28)15(3)31-21-25-24-20(26-12-8-5-9-13-26)27(21)16-10-6-7-11-17(16)30-4/h6-7,10-11,14-15H,5,8-9,12-13H2,1-4H3,(H2,22,23,28,29). The number of nitrogens with one attached hydrogen (secondary N) is 2. The number of amides is 3. The first-order valence-electron chi connectivity index (χ1n) is 10.5. The van der Waals surface area contributed by atoms with Gasteiger partial charge in [0, 0.05) is 19.1 Å². The van der Waals surface area contributed by atoms with E-state index in [4.69, 9.17) is 4.74 Å². The lowest BCUT2D eigenvalue weighted by molar-refractivity contribution is -0.119. The van der Waals surface area contributed by atoms with E-state index >= 15 is 0 Å². The third-order valence-electron chi connectivity index (χ3n) is 4.89. The molecule has 1 unspecified atom stereocenters. The molecule has 1 saturated heterocycles. The van der Waals surface area contributed by atoms with Crippen LogP contribution in [0.25, 0.3) is 5.69 Å². The minimum absolute atomic E-state index is 0.0588. The summed E-state index contributed by atoms with van der Waals surface area (Å²) in [6.07, 6.45) is 3.41. The zero-order valence-electron chi connectivity index (χ0n) is 18.4. The van der Waals surface area contributed by atoms with Gasteiger partial charge >= 0.3 is 6.03 Å². The number of thioether (sulfide) groups is 1. The Morgan fingerprint density at radius 1 is 1.10 bits per heavy atom. The largest absolute Gasteiger partial charge is 0.495 e. The van der Waals surface area contributed by atoms with Gasteiger partial charge in [0.15, 0.2) is 5.16 Å². The highest BCUT2D eigenvalue weighted by Gasteiger charge is 2.26. The van der Waals surface area contributed by atoms with Gasteiger partial charge in [-0.2, -0.15) is 0 Å². The van der Waals surface area contributed by atoms with E-state index in [1.54, 1.807) is 14.0 Å². The molecule has 2 aromatic rings. The number of anilines is 1. The zero-order valence-corrected chi connectivity index (χ0v) is 19.2. The number of hydrogen-bond donors (Lipinski definition) is 2. The van der Waals surface area contributed by atoms with E-state index in [1.807, 2.05) is 42.7 Å². The number of rotatable bonds is 7. The van der Waals surface area contributed by atoms with Crippen molar-refractivity contribution in [1.82, 2.24) is 25.4 Å². The summed E-state index contributed by atoms with van der Waals surface area (Å²) in [5.74, 6) is 1.03. The Hall–Kier alpha value is -2.75. The van der Waals surface area contributed by atoms with Crippen LogP contribution in [0.5, 0.6) is 5.75 Å². The molecule has 1 fully saturated rings. The summed E-state index contributed by atoms with van der Waals surface area (Å²) in [6.45, 7) is 7.22. The number of imide groups is 1. The second-order valence-electron chi connectivity index (χ2n) is 7.72. The minimum atomic E-state index is -0.551. The molecule has 9 nitrogen and oxygen atoms in total. The van der Waals surface area contributed by atoms with Crippen molar-refractivity contribution in [2.24, 2.45) is 0 Å². The highest BCUT2D eigenvalue weighted by molar-refractivity contribution is 8.00. The molecule has 2 N–H and O–H groups in total. The van der Waals surface area contributed by atoms with Crippen LogP contribution in [-0.2, 0) is 4.79 Å². The van der Waals surface area contributed by atoms with E-state index < -0.39 is 17.2 Å². The summed E-state index contributed by atoms with van der Waals surface area (Å²) in [5.41, 5.74) is 0.809. The van der Waals surface area contributed by atoms with Crippen molar-refractivity contribution in [2.75, 3.05) is 25.1 Å². The fraction of sp³-hybridized carbons (Fsp3) is 0.524. The van der Waals surface area contributed by atoms with Crippen LogP contribution in [-0.4, -0.2) is 58.2 Å². The van der Waals surface area contributed by atoms with E-state index in [2.05, 4.69) is 25.7 Å². The SMILES string of the molecule is COc1ccccc1-n1c(SC(C)C(=O)NC(=O)NC(C)C)nnc1N1CCCCC1. The minimum Gasteiger partial charge on any atom is -0.495 e. The first-order chi connectivity index (χ1) is 14.9. The lowest BCUT2D eigenvalue weighted by atomic mass is 10.1. The number of aromatic nitrogens is 3. The molecular formula is C21H30N6O3S. The Bertz CT molecular complexity index is 910. The fourth-order valence-corrected chi connectivity index (χ4v) is 4.24. The van der Waals surface area contributed by atoms with Gasteiger partial charge in [-0.3, -0.25) is 14.7 Å². The highest BCUT2D eigenvalue weighted by atomic mass is 32.2. The average molecular weight is 447 g/mol. The molecule has 10 heteroatoms. The van der Waals surface area contributed by atoms with E-state index in [1.165, 1.54) is 18.2 Å². The molecule has 0 saturated carbocycles. The van der Waals surface area contributed by atoms with Gasteiger partial charge in [-0.15, -0.1) is 10.2 Å². The van der Waals surface area contributed by atoms with Crippen LogP contribution in [0.4, 0.5) is 10.7 Å². The monoisotopic (exact) mass is 446 g/mol. The first kappa shape index (κ1) is 22.9. The summed E-state index contributed by atoms with van der Waals surface area (Å²) in [5, 5.41) is 13.9. The maximum Gasteiger partial charge on any atom is 0.321 e. The average Bonchev–Trinajstić information content (AvgIpc) is 3.16. The summed E-state index contributed by atoms with van der Waals surface area (Å²) < 4.78 is 7.51. The third-order valence-corrected chi connectivity index (χ3v) is 5.93. The number of carbonyl (C=O) groups excluding carboxylic acids is 2. The van der Waals surface area contributed by atoms with Gasteiger partial charge in [0.2, 0.25) is 11.9 Å². The predicted octanol–water partition coefficient (Wildman–Crippen LogP) is 2.98. The van der Waals surface area contributed by atoms with E-state index in [-0.39, 0.29) is 6.04 Å². The Morgan fingerprint density at radius 3 is 2.48 bits per heavy atom. The number of carbonyl (C=O) groups is 2. The van der Waals surface area contributed by atoms with Crippen LogP contribution in [0.3, 0.4) is 0 Å². The van der Waals surface area contributed by atoms with Crippen LogP contribution >= 0.6 is 11.8 Å². The summed E-state index contributed by atoms with van der Waals surface area (Å²) in [4.78, 5) is 26.6. The number of benzene rings is 1. The topological polar surface area (TPSA) is 101 Å². The third kappa shape index (κ3) is 5.69. The summed E-state index contributed by atoms with van der Waals surface area (Å²) in [6, 6.07) is 7.10. The second-order valence-corrected chi connectivity index (χ2v) is 9.02. The molecule has 3 amide bonds. The van der Waals surface area contributed by atoms with E-state index in [9.17, 15) is 9.59 Å². The predicted molar refractivity (Wildman–Crippen MR) is 121 cm³/mol.